The molecule has 0 aliphatic carbocycles. The molecular formula is C26H23N3O3. The summed E-state index contributed by atoms with van der Waals surface area (Å²) in [4.78, 5) is 29.4. The molecule has 1 heterocycles. The van der Waals surface area contributed by atoms with E-state index in [9.17, 15) is 9.59 Å². The van der Waals surface area contributed by atoms with Crippen LogP contribution in [0.4, 0.5) is 10.5 Å². The highest BCUT2D eigenvalue weighted by molar-refractivity contribution is 5.93. The molecule has 0 fully saturated rings. The predicted molar refractivity (Wildman–Crippen MR) is 123 cm³/mol. The highest BCUT2D eigenvalue weighted by atomic mass is 16.5. The van der Waals surface area contributed by atoms with Gasteiger partial charge in [0.2, 0.25) is 0 Å². The van der Waals surface area contributed by atoms with Gasteiger partial charge in [0.05, 0.1) is 0 Å². The maximum Gasteiger partial charge on any atom is 0.411 e. The van der Waals surface area contributed by atoms with Crippen molar-refractivity contribution in [1.82, 2.24) is 9.55 Å². The van der Waals surface area contributed by atoms with Crippen LogP contribution in [0.25, 0.3) is 5.69 Å². The quantitative estimate of drug-likeness (QED) is 0.382. The minimum absolute atomic E-state index is 0.0692. The van der Waals surface area contributed by atoms with Gasteiger partial charge >= 0.3 is 6.09 Å². The first-order valence-electron chi connectivity index (χ1n) is 10.4. The third-order valence-electron chi connectivity index (χ3n) is 5.01. The normalized spacial score (nSPS) is 10.5. The van der Waals surface area contributed by atoms with E-state index in [0.717, 1.165) is 16.8 Å². The van der Waals surface area contributed by atoms with E-state index in [1.54, 1.807) is 23.0 Å². The number of Topliss-reactive ketones (excluding diaryl/α,β-unsaturated/α-hetero) is 1. The van der Waals surface area contributed by atoms with E-state index in [2.05, 4.69) is 10.3 Å². The molecule has 6 nitrogen and oxygen atoms in total. The van der Waals surface area contributed by atoms with Gasteiger partial charge in [-0.15, -0.1) is 0 Å². The number of para-hydroxylation sites is 2. The molecule has 0 spiro atoms. The van der Waals surface area contributed by atoms with Crippen LogP contribution in [0.1, 0.15) is 28.2 Å². The molecule has 0 radical (unpaired) electrons. The smallest absolute Gasteiger partial charge is 0.411 e. The third-order valence-corrected chi connectivity index (χ3v) is 5.01. The molecule has 0 bridgehead atoms. The summed E-state index contributed by atoms with van der Waals surface area (Å²) >= 11 is 0. The Labute approximate surface area is 186 Å². The fourth-order valence-corrected chi connectivity index (χ4v) is 3.40. The second-order valence-electron chi connectivity index (χ2n) is 7.22. The van der Waals surface area contributed by atoms with Gasteiger partial charge in [-0.25, -0.2) is 9.78 Å². The van der Waals surface area contributed by atoms with E-state index in [1.807, 2.05) is 78.9 Å². The first-order chi connectivity index (χ1) is 15.7. The lowest BCUT2D eigenvalue weighted by atomic mass is 10.1. The maximum absolute atomic E-state index is 12.9. The van der Waals surface area contributed by atoms with Gasteiger partial charge in [-0.3, -0.25) is 14.7 Å². The molecule has 32 heavy (non-hydrogen) atoms. The fraction of sp³-hybridized carbons (Fsp3) is 0.115. The number of carbonyl (C=O) groups is 2. The summed E-state index contributed by atoms with van der Waals surface area (Å²) in [5.74, 6) is 0.323. The fourth-order valence-electron chi connectivity index (χ4n) is 3.40. The van der Waals surface area contributed by atoms with Crippen molar-refractivity contribution in [2.75, 3.05) is 5.32 Å². The molecule has 0 unspecified atom stereocenters. The van der Waals surface area contributed by atoms with Crippen LogP contribution in [0, 0.1) is 0 Å². The Morgan fingerprint density at radius 3 is 2.34 bits per heavy atom. The van der Waals surface area contributed by atoms with Crippen LogP contribution in [-0.2, 0) is 17.8 Å². The Kier molecular flexibility index (Phi) is 6.72. The SMILES string of the molecule is O=C(Nc1ccccc1CCC(=O)c1nccn1-c1ccccc1)OCc1ccccc1. The van der Waals surface area contributed by atoms with Crippen LogP contribution in [0.3, 0.4) is 0 Å². The van der Waals surface area contributed by atoms with E-state index < -0.39 is 6.09 Å². The highest BCUT2D eigenvalue weighted by Crippen LogP contribution is 2.19. The third kappa shape index (κ3) is 5.29. The zero-order valence-corrected chi connectivity index (χ0v) is 17.5. The zero-order chi connectivity index (χ0) is 22.2. The van der Waals surface area contributed by atoms with E-state index in [4.69, 9.17) is 4.74 Å². The van der Waals surface area contributed by atoms with Gasteiger partial charge in [-0.05, 0) is 35.7 Å². The number of ether oxygens (including phenoxy) is 1. The lowest BCUT2D eigenvalue weighted by Gasteiger charge is -2.12. The number of nitrogens with one attached hydrogen (secondary N) is 1. The Bertz CT molecular complexity index is 1190. The average Bonchev–Trinajstić information content (AvgIpc) is 3.33. The monoisotopic (exact) mass is 425 g/mol. The Morgan fingerprint density at radius 1 is 0.875 bits per heavy atom. The zero-order valence-electron chi connectivity index (χ0n) is 17.5. The van der Waals surface area contributed by atoms with Crippen molar-refractivity contribution in [3.8, 4) is 5.69 Å². The number of aryl methyl sites for hydroxylation is 1. The number of imidazole rings is 1. The Balaban J connectivity index is 1.38. The molecule has 1 amide bonds. The van der Waals surface area contributed by atoms with Crippen LogP contribution in [0.5, 0.6) is 0 Å². The van der Waals surface area contributed by atoms with Crippen molar-refractivity contribution in [2.45, 2.75) is 19.4 Å². The number of benzene rings is 3. The second kappa shape index (κ2) is 10.2. The first kappa shape index (κ1) is 21.1. The van der Waals surface area contributed by atoms with Crippen molar-refractivity contribution in [3.05, 3.63) is 114 Å². The molecule has 4 aromatic rings. The summed E-state index contributed by atoms with van der Waals surface area (Å²) in [7, 11) is 0. The molecule has 0 atom stereocenters. The summed E-state index contributed by atoms with van der Waals surface area (Å²) in [6.07, 6.45) is 3.60. The number of ketones is 1. The van der Waals surface area contributed by atoms with Crippen molar-refractivity contribution >= 4 is 17.6 Å². The molecule has 0 aliphatic heterocycles. The van der Waals surface area contributed by atoms with Crippen LogP contribution in [0.2, 0.25) is 0 Å². The van der Waals surface area contributed by atoms with Gasteiger partial charge in [-0.1, -0.05) is 66.7 Å². The second-order valence-corrected chi connectivity index (χ2v) is 7.22. The molecule has 3 aromatic carbocycles. The highest BCUT2D eigenvalue weighted by Gasteiger charge is 2.15. The van der Waals surface area contributed by atoms with Gasteiger partial charge in [-0.2, -0.15) is 0 Å². The van der Waals surface area contributed by atoms with Crippen molar-refractivity contribution in [3.63, 3.8) is 0 Å². The van der Waals surface area contributed by atoms with E-state index in [1.165, 1.54) is 0 Å². The van der Waals surface area contributed by atoms with Crippen LogP contribution >= 0.6 is 0 Å². The molecule has 4 rings (SSSR count). The molecule has 6 heteroatoms. The number of nitrogens with zero attached hydrogens (tertiary/aromatic N) is 2. The van der Waals surface area contributed by atoms with E-state index >= 15 is 0 Å². The lowest BCUT2D eigenvalue weighted by molar-refractivity contribution is 0.0971. The molecule has 1 N–H and O–H groups in total. The predicted octanol–water partition coefficient (Wildman–Crippen LogP) is 5.44. The number of rotatable bonds is 8. The summed E-state index contributed by atoms with van der Waals surface area (Å²) in [5, 5.41) is 2.78. The topological polar surface area (TPSA) is 73.2 Å². The van der Waals surface area contributed by atoms with Gasteiger partial charge in [0.25, 0.3) is 0 Å². The number of carbonyl (C=O) groups excluding carboxylic acids is 2. The number of hydrogen-bond donors (Lipinski definition) is 1. The minimum atomic E-state index is -0.535. The van der Waals surface area contributed by atoms with Gasteiger partial charge in [0.1, 0.15) is 6.61 Å². The molecule has 160 valence electrons. The Morgan fingerprint density at radius 2 is 1.56 bits per heavy atom. The van der Waals surface area contributed by atoms with Crippen molar-refractivity contribution in [2.24, 2.45) is 0 Å². The maximum atomic E-state index is 12.9. The summed E-state index contributed by atoms with van der Waals surface area (Å²) in [5.41, 5.74) is 3.28. The number of aromatic nitrogens is 2. The van der Waals surface area contributed by atoms with Crippen LogP contribution in [0.15, 0.2) is 97.3 Å². The van der Waals surface area contributed by atoms with Crippen LogP contribution < -0.4 is 5.32 Å². The lowest BCUT2D eigenvalue weighted by Crippen LogP contribution is -2.15. The average molecular weight is 425 g/mol. The summed E-state index contributed by atoms with van der Waals surface area (Å²) < 4.78 is 7.09. The molecule has 0 saturated heterocycles. The van der Waals surface area contributed by atoms with E-state index in [-0.39, 0.29) is 18.8 Å². The molecule has 1 aromatic heterocycles. The summed E-state index contributed by atoms with van der Waals surface area (Å²) in [6, 6.07) is 26.5. The van der Waals surface area contributed by atoms with Crippen molar-refractivity contribution in [1.29, 1.82) is 0 Å². The van der Waals surface area contributed by atoms with Gasteiger partial charge in [0.15, 0.2) is 11.6 Å². The van der Waals surface area contributed by atoms with E-state index in [0.29, 0.717) is 17.9 Å². The number of anilines is 1. The van der Waals surface area contributed by atoms with Gasteiger partial charge < -0.3 is 4.74 Å². The number of amides is 1. The molecule has 0 saturated carbocycles. The largest absolute Gasteiger partial charge is 0.444 e. The standard InChI is InChI=1S/C26H23N3O3/c30-24(25-27-17-18-29(25)22-12-5-2-6-13-22)16-15-21-11-7-8-14-23(21)28-26(31)32-19-20-9-3-1-4-10-20/h1-14,17-18H,15-16,19H2,(H,28,31). The van der Waals surface area contributed by atoms with Crippen molar-refractivity contribution < 1.29 is 14.3 Å². The molecule has 0 aliphatic rings. The minimum Gasteiger partial charge on any atom is -0.444 e. The summed E-state index contributed by atoms with van der Waals surface area (Å²) in [6.45, 7) is 0.190. The Hall–Kier alpha value is -4.19. The van der Waals surface area contributed by atoms with Crippen LogP contribution in [-0.4, -0.2) is 21.4 Å². The number of hydrogen-bond acceptors (Lipinski definition) is 4. The van der Waals surface area contributed by atoms with Gasteiger partial charge in [0, 0.05) is 30.2 Å². The molecular weight excluding hydrogens is 402 g/mol. The first-order valence-corrected chi connectivity index (χ1v) is 10.4.